The van der Waals surface area contributed by atoms with Crippen LogP contribution in [0.2, 0.25) is 0 Å². The van der Waals surface area contributed by atoms with E-state index >= 15 is 0 Å². The van der Waals surface area contributed by atoms with Crippen molar-refractivity contribution in [3.8, 4) is 5.75 Å². The molecule has 164 valence electrons. The van der Waals surface area contributed by atoms with Crippen LogP contribution in [-0.2, 0) is 19.5 Å². The Kier molecular flexibility index (Phi) is 4.94. The molecule has 0 radical (unpaired) electrons. The maximum atomic E-state index is 12.9. The number of nitrogens with zero attached hydrogens (tertiary/aromatic N) is 6. The lowest BCUT2D eigenvalue weighted by Crippen LogP contribution is -2.22. The number of carbonyl (C=O) groups excluding carboxylic acids is 1. The van der Waals surface area contributed by atoms with Gasteiger partial charge < -0.3 is 15.6 Å². The molecule has 3 N–H and O–H groups in total. The highest BCUT2D eigenvalue weighted by molar-refractivity contribution is 7.20. The van der Waals surface area contributed by atoms with Gasteiger partial charge in [-0.2, -0.15) is 4.80 Å². The summed E-state index contributed by atoms with van der Waals surface area (Å²) < 4.78 is 6.90. The smallest absolute Gasteiger partial charge is 0.262 e. The number of rotatable bonds is 6. The molecular weight excluding hydrogens is 434 g/mol. The quantitative estimate of drug-likeness (QED) is 0.430. The Morgan fingerprint density at radius 1 is 1.41 bits per heavy atom. The largest absolute Gasteiger partial charge is 0.493 e. The maximum absolute atomic E-state index is 12.9. The second-order valence-electron chi connectivity index (χ2n) is 7.52. The third kappa shape index (κ3) is 3.52. The zero-order valence-electron chi connectivity index (χ0n) is 17.1. The zero-order chi connectivity index (χ0) is 22.4. The molecule has 0 aliphatic carbocycles. The summed E-state index contributed by atoms with van der Waals surface area (Å²) >= 11 is 1.09. The molecule has 1 amide bonds. The van der Waals surface area contributed by atoms with E-state index < -0.39 is 12.0 Å². The van der Waals surface area contributed by atoms with E-state index in [0.717, 1.165) is 29.1 Å². The number of carbonyl (C=O) groups is 1. The van der Waals surface area contributed by atoms with E-state index in [-0.39, 0.29) is 18.6 Å². The molecule has 1 aliphatic rings. The molecule has 0 spiro atoms. The highest BCUT2D eigenvalue weighted by Gasteiger charge is 2.19. The van der Waals surface area contributed by atoms with Crippen LogP contribution in [0, 0.1) is 6.92 Å². The summed E-state index contributed by atoms with van der Waals surface area (Å²) in [4.78, 5) is 30.8. The van der Waals surface area contributed by atoms with Crippen LogP contribution in [-0.4, -0.2) is 47.4 Å². The Morgan fingerprint density at radius 2 is 2.25 bits per heavy atom. The van der Waals surface area contributed by atoms with Gasteiger partial charge in [-0.3, -0.25) is 14.2 Å². The Labute approximate surface area is 185 Å². The van der Waals surface area contributed by atoms with Crippen LogP contribution in [0.1, 0.15) is 38.3 Å². The number of fused-ring (bicyclic) bond motifs is 2. The van der Waals surface area contributed by atoms with Crippen LogP contribution in [0.15, 0.2) is 29.3 Å². The molecule has 0 saturated heterocycles. The Morgan fingerprint density at radius 3 is 3.06 bits per heavy atom. The van der Waals surface area contributed by atoms with E-state index in [1.165, 1.54) is 15.7 Å². The van der Waals surface area contributed by atoms with E-state index in [4.69, 9.17) is 10.5 Å². The number of nitrogens with two attached hydrogens (primary N) is 1. The van der Waals surface area contributed by atoms with Gasteiger partial charge in [0.25, 0.3) is 11.5 Å². The summed E-state index contributed by atoms with van der Waals surface area (Å²) in [5.74, 6) is 0.495. The van der Waals surface area contributed by atoms with Crippen LogP contribution in [0.3, 0.4) is 0 Å². The van der Waals surface area contributed by atoms with Crippen molar-refractivity contribution < 1.29 is 14.6 Å². The monoisotopic (exact) mass is 453 g/mol. The first kappa shape index (κ1) is 20.3. The number of aromatic nitrogens is 6. The third-order valence-electron chi connectivity index (χ3n) is 5.39. The fraction of sp³-hybridized carbons (Fsp3) is 0.300. The molecule has 0 unspecified atom stereocenters. The van der Waals surface area contributed by atoms with Crippen LogP contribution in [0.5, 0.6) is 5.75 Å². The molecule has 32 heavy (non-hydrogen) atoms. The predicted molar refractivity (Wildman–Crippen MR) is 115 cm³/mol. The molecular formula is C20H19N7O4S. The number of aliphatic hydroxyl groups excluding tert-OH is 1. The van der Waals surface area contributed by atoms with Crippen molar-refractivity contribution in [3.05, 3.63) is 62.3 Å². The number of amides is 1. The van der Waals surface area contributed by atoms with Crippen molar-refractivity contribution in [2.24, 2.45) is 5.73 Å². The van der Waals surface area contributed by atoms with Gasteiger partial charge in [-0.25, -0.2) is 4.98 Å². The number of tetrazole rings is 1. The van der Waals surface area contributed by atoms with E-state index in [9.17, 15) is 14.7 Å². The first-order valence-corrected chi connectivity index (χ1v) is 10.7. The molecule has 1 atom stereocenters. The lowest BCUT2D eigenvalue weighted by Gasteiger charge is -2.11. The first-order chi connectivity index (χ1) is 15.4. The fourth-order valence-electron chi connectivity index (χ4n) is 3.73. The van der Waals surface area contributed by atoms with Crippen LogP contribution in [0.4, 0.5) is 0 Å². The van der Waals surface area contributed by atoms with Gasteiger partial charge in [0.05, 0.1) is 36.3 Å². The summed E-state index contributed by atoms with van der Waals surface area (Å²) in [5, 5.41) is 23.1. The Bertz CT molecular complexity index is 1410. The maximum Gasteiger partial charge on any atom is 0.262 e. The van der Waals surface area contributed by atoms with Gasteiger partial charge in [-0.05, 0) is 34.9 Å². The minimum atomic E-state index is -0.840. The van der Waals surface area contributed by atoms with E-state index in [1.807, 2.05) is 18.2 Å². The second kappa shape index (κ2) is 7.80. The molecule has 4 heterocycles. The molecule has 0 saturated carbocycles. The summed E-state index contributed by atoms with van der Waals surface area (Å²) in [7, 11) is 0. The van der Waals surface area contributed by atoms with Gasteiger partial charge in [0.1, 0.15) is 16.7 Å². The molecule has 12 heteroatoms. The van der Waals surface area contributed by atoms with Crippen LogP contribution in [0.25, 0.3) is 10.2 Å². The van der Waals surface area contributed by atoms with Crippen molar-refractivity contribution in [3.63, 3.8) is 0 Å². The Balaban J connectivity index is 1.34. The zero-order valence-corrected chi connectivity index (χ0v) is 17.9. The van der Waals surface area contributed by atoms with Gasteiger partial charge in [0.2, 0.25) is 0 Å². The second-order valence-corrected chi connectivity index (χ2v) is 8.52. The highest BCUT2D eigenvalue weighted by atomic mass is 32.1. The molecule has 1 aliphatic heterocycles. The molecule has 11 nitrogen and oxygen atoms in total. The number of primary amides is 1. The molecule has 0 fully saturated rings. The van der Waals surface area contributed by atoms with E-state index in [1.54, 1.807) is 6.92 Å². The molecule has 5 rings (SSSR count). The predicted octanol–water partition coefficient (Wildman–Crippen LogP) is 0.569. The number of benzene rings is 1. The molecule has 3 aromatic heterocycles. The van der Waals surface area contributed by atoms with Crippen molar-refractivity contribution in [1.29, 1.82) is 0 Å². The summed E-state index contributed by atoms with van der Waals surface area (Å²) in [6.07, 6.45) is 1.41. The summed E-state index contributed by atoms with van der Waals surface area (Å²) in [6, 6.07) is 5.64. The van der Waals surface area contributed by atoms with Gasteiger partial charge in [-0.1, -0.05) is 12.1 Å². The van der Waals surface area contributed by atoms with E-state index in [2.05, 4.69) is 20.4 Å². The average molecular weight is 453 g/mol. The normalized spacial score (nSPS) is 13.8. The van der Waals surface area contributed by atoms with Gasteiger partial charge in [-0.15, -0.1) is 21.5 Å². The van der Waals surface area contributed by atoms with Crippen LogP contribution >= 0.6 is 11.3 Å². The van der Waals surface area contributed by atoms with Crippen molar-refractivity contribution in [1.82, 2.24) is 29.8 Å². The average Bonchev–Trinajstić information content (AvgIpc) is 3.48. The number of hydrogen-bond acceptors (Lipinski definition) is 9. The van der Waals surface area contributed by atoms with Crippen molar-refractivity contribution >= 4 is 27.5 Å². The third-order valence-corrected chi connectivity index (χ3v) is 6.60. The number of thiophene rings is 1. The van der Waals surface area contributed by atoms with Gasteiger partial charge in [0.15, 0.2) is 5.82 Å². The summed E-state index contributed by atoms with van der Waals surface area (Å²) in [5.41, 5.74) is 7.41. The summed E-state index contributed by atoms with van der Waals surface area (Å²) in [6.45, 7) is 2.47. The molecule has 1 aromatic carbocycles. The lowest BCUT2D eigenvalue weighted by atomic mass is 10.1. The Hall–Kier alpha value is -3.64. The molecule has 4 aromatic rings. The van der Waals surface area contributed by atoms with Crippen LogP contribution < -0.4 is 16.0 Å². The topological polar surface area (TPSA) is 151 Å². The SMILES string of the molecule is Cc1c(C(N)=O)sc2ncn(Cc3nnn(C[C@H](O)c4ccc5c(c4)OCC5)n3)c(=O)c12. The first-order valence-electron chi connectivity index (χ1n) is 9.89. The van der Waals surface area contributed by atoms with E-state index in [0.29, 0.717) is 38.7 Å². The number of ether oxygens (including phenoxy) is 1. The number of aryl methyl sites for hydroxylation is 1. The number of hydrogen-bond donors (Lipinski definition) is 2. The molecule has 0 bridgehead atoms. The minimum Gasteiger partial charge on any atom is -0.493 e. The van der Waals surface area contributed by atoms with Crippen molar-refractivity contribution in [2.45, 2.75) is 32.5 Å². The standard InChI is InChI=1S/C20H19N7O4S/c1-10-16-19(32-17(10)18(21)29)22-9-26(20(16)30)8-15-23-25-27(24-15)7-13(28)12-3-2-11-4-5-31-14(11)6-12/h2-3,6,9,13,28H,4-5,7-8H2,1H3,(H2,21,29)/t13-/m0/s1. The fourth-order valence-corrected chi connectivity index (χ4v) is 4.72. The van der Waals surface area contributed by atoms with Gasteiger partial charge >= 0.3 is 0 Å². The van der Waals surface area contributed by atoms with Gasteiger partial charge in [0, 0.05) is 6.42 Å². The minimum absolute atomic E-state index is 0.0474. The number of aliphatic hydroxyl groups is 1. The lowest BCUT2D eigenvalue weighted by molar-refractivity contribution is 0.100. The van der Waals surface area contributed by atoms with Crippen molar-refractivity contribution in [2.75, 3.05) is 6.61 Å². The highest BCUT2D eigenvalue weighted by Crippen LogP contribution is 2.29.